The first kappa shape index (κ1) is 11.8. The molecule has 0 spiro atoms. The number of nitrogens with zero attached hydrogens (tertiary/aromatic N) is 2. The quantitative estimate of drug-likeness (QED) is 0.411. The highest BCUT2D eigenvalue weighted by Gasteiger charge is 2.13. The molecule has 0 N–H and O–H groups in total. The third kappa shape index (κ3) is 3.08. The van der Waals surface area contributed by atoms with Gasteiger partial charge in [0.25, 0.3) is 5.69 Å². The van der Waals surface area contributed by atoms with Crippen LogP contribution in [0.3, 0.4) is 0 Å². The average Bonchev–Trinajstić information content (AvgIpc) is 2.55. The molecule has 0 radical (unpaired) electrons. The standard InChI is InChI=1S/C11H18N2O2/c1-3-4-5-6-8-12-9-7-11(10(12)2)13(14)15/h7,9H,3-6,8H2,1-2H3. The largest absolute Gasteiger partial charge is 0.346 e. The SMILES string of the molecule is CCCCCCn1ccc([N+](=O)[O-])c1C. The second-order valence-corrected chi connectivity index (χ2v) is 3.80. The van der Waals surface area contributed by atoms with Gasteiger partial charge in [0.2, 0.25) is 0 Å². The molecule has 1 aromatic heterocycles. The normalized spacial score (nSPS) is 10.5. The van der Waals surface area contributed by atoms with E-state index in [9.17, 15) is 10.1 Å². The summed E-state index contributed by atoms with van der Waals surface area (Å²) in [5.74, 6) is 0. The first-order chi connectivity index (χ1) is 7.16. The number of aryl methyl sites for hydroxylation is 1. The fourth-order valence-electron chi connectivity index (χ4n) is 1.68. The molecular weight excluding hydrogens is 192 g/mol. The Kier molecular flexibility index (Phi) is 4.34. The lowest BCUT2D eigenvalue weighted by molar-refractivity contribution is -0.385. The van der Waals surface area contributed by atoms with Crippen LogP contribution in [-0.2, 0) is 6.54 Å². The lowest BCUT2D eigenvalue weighted by Gasteiger charge is -2.04. The van der Waals surface area contributed by atoms with E-state index in [0.717, 1.165) is 18.7 Å². The molecule has 0 aromatic carbocycles. The van der Waals surface area contributed by atoms with Crippen LogP contribution < -0.4 is 0 Å². The molecule has 0 aliphatic heterocycles. The van der Waals surface area contributed by atoms with Crippen LogP contribution in [-0.4, -0.2) is 9.49 Å². The van der Waals surface area contributed by atoms with E-state index in [2.05, 4.69) is 6.92 Å². The molecular formula is C11H18N2O2. The minimum absolute atomic E-state index is 0.227. The Bertz CT molecular complexity index is 331. The van der Waals surface area contributed by atoms with Crippen molar-refractivity contribution in [3.8, 4) is 0 Å². The number of rotatable bonds is 6. The van der Waals surface area contributed by atoms with Crippen molar-refractivity contribution in [1.82, 2.24) is 4.57 Å². The Hall–Kier alpha value is -1.32. The predicted molar refractivity (Wildman–Crippen MR) is 60.0 cm³/mol. The molecule has 0 unspecified atom stereocenters. The maximum Gasteiger partial charge on any atom is 0.289 e. The van der Waals surface area contributed by atoms with Crippen molar-refractivity contribution in [2.45, 2.75) is 46.1 Å². The zero-order valence-electron chi connectivity index (χ0n) is 9.40. The second kappa shape index (κ2) is 5.53. The van der Waals surface area contributed by atoms with Crippen molar-refractivity contribution in [2.75, 3.05) is 0 Å². The highest BCUT2D eigenvalue weighted by atomic mass is 16.6. The smallest absolute Gasteiger partial charge is 0.289 e. The van der Waals surface area contributed by atoms with Crippen LogP contribution >= 0.6 is 0 Å². The van der Waals surface area contributed by atoms with Crippen LogP contribution in [0.4, 0.5) is 5.69 Å². The van der Waals surface area contributed by atoms with Crippen molar-refractivity contribution in [2.24, 2.45) is 0 Å². The van der Waals surface area contributed by atoms with Gasteiger partial charge in [0.1, 0.15) is 0 Å². The third-order valence-electron chi connectivity index (χ3n) is 2.66. The van der Waals surface area contributed by atoms with E-state index in [-0.39, 0.29) is 10.6 Å². The summed E-state index contributed by atoms with van der Waals surface area (Å²) < 4.78 is 1.97. The second-order valence-electron chi connectivity index (χ2n) is 3.80. The topological polar surface area (TPSA) is 48.1 Å². The van der Waals surface area contributed by atoms with Crippen LogP contribution in [0, 0.1) is 17.0 Å². The zero-order valence-corrected chi connectivity index (χ0v) is 9.40. The number of nitro groups is 1. The summed E-state index contributed by atoms with van der Waals surface area (Å²) in [4.78, 5) is 10.3. The summed E-state index contributed by atoms with van der Waals surface area (Å²) in [6.07, 6.45) is 6.55. The summed E-state index contributed by atoms with van der Waals surface area (Å²) in [6.45, 7) is 4.86. The maximum absolute atomic E-state index is 10.6. The monoisotopic (exact) mass is 210 g/mol. The van der Waals surface area contributed by atoms with E-state index in [0.29, 0.717) is 0 Å². The Balaban J connectivity index is 2.51. The van der Waals surface area contributed by atoms with Gasteiger partial charge < -0.3 is 4.57 Å². The van der Waals surface area contributed by atoms with Gasteiger partial charge in [-0.2, -0.15) is 0 Å². The fraction of sp³-hybridized carbons (Fsp3) is 0.636. The first-order valence-electron chi connectivity index (χ1n) is 5.47. The molecule has 0 bridgehead atoms. The molecule has 4 nitrogen and oxygen atoms in total. The van der Waals surface area contributed by atoms with Gasteiger partial charge in [-0.25, -0.2) is 0 Å². The minimum Gasteiger partial charge on any atom is -0.346 e. The summed E-state index contributed by atoms with van der Waals surface area (Å²) in [6, 6.07) is 1.58. The molecule has 0 saturated carbocycles. The third-order valence-corrected chi connectivity index (χ3v) is 2.66. The number of hydrogen-bond acceptors (Lipinski definition) is 2. The van der Waals surface area contributed by atoms with Gasteiger partial charge in [-0.15, -0.1) is 0 Å². The van der Waals surface area contributed by atoms with Gasteiger partial charge in [0.05, 0.1) is 10.6 Å². The first-order valence-corrected chi connectivity index (χ1v) is 5.47. The lowest BCUT2D eigenvalue weighted by atomic mass is 10.2. The van der Waals surface area contributed by atoms with Crippen molar-refractivity contribution < 1.29 is 4.92 Å². The Morgan fingerprint density at radius 2 is 2.13 bits per heavy atom. The van der Waals surface area contributed by atoms with E-state index >= 15 is 0 Å². The molecule has 0 saturated heterocycles. The average molecular weight is 210 g/mol. The number of aromatic nitrogens is 1. The molecule has 15 heavy (non-hydrogen) atoms. The number of hydrogen-bond donors (Lipinski definition) is 0. The van der Waals surface area contributed by atoms with E-state index in [1.807, 2.05) is 4.57 Å². The molecule has 4 heteroatoms. The Morgan fingerprint density at radius 3 is 2.67 bits per heavy atom. The van der Waals surface area contributed by atoms with Crippen molar-refractivity contribution in [3.63, 3.8) is 0 Å². The minimum atomic E-state index is -0.322. The zero-order chi connectivity index (χ0) is 11.3. The summed E-state index contributed by atoms with van der Waals surface area (Å²) in [5, 5.41) is 10.6. The van der Waals surface area contributed by atoms with Crippen LogP contribution in [0.15, 0.2) is 12.3 Å². The van der Waals surface area contributed by atoms with Gasteiger partial charge in [-0.05, 0) is 13.3 Å². The van der Waals surface area contributed by atoms with Gasteiger partial charge >= 0.3 is 0 Å². The summed E-state index contributed by atoms with van der Waals surface area (Å²) in [5.41, 5.74) is 0.988. The van der Waals surface area contributed by atoms with Crippen LogP contribution in [0.2, 0.25) is 0 Å². The van der Waals surface area contributed by atoms with E-state index < -0.39 is 0 Å². The highest BCUT2D eigenvalue weighted by molar-refractivity contribution is 5.35. The Morgan fingerprint density at radius 1 is 1.40 bits per heavy atom. The predicted octanol–water partition coefficient (Wildman–Crippen LogP) is 3.29. The molecule has 84 valence electrons. The fourth-order valence-corrected chi connectivity index (χ4v) is 1.68. The molecule has 0 atom stereocenters. The summed E-state index contributed by atoms with van der Waals surface area (Å²) >= 11 is 0. The molecule has 1 rings (SSSR count). The van der Waals surface area contributed by atoms with Crippen LogP contribution in [0.25, 0.3) is 0 Å². The number of unbranched alkanes of at least 4 members (excludes halogenated alkanes) is 3. The van der Waals surface area contributed by atoms with Gasteiger partial charge in [0.15, 0.2) is 0 Å². The van der Waals surface area contributed by atoms with Crippen LogP contribution in [0.5, 0.6) is 0 Å². The van der Waals surface area contributed by atoms with Crippen molar-refractivity contribution in [3.05, 3.63) is 28.1 Å². The molecule has 0 aliphatic carbocycles. The van der Waals surface area contributed by atoms with E-state index in [1.54, 1.807) is 19.2 Å². The van der Waals surface area contributed by atoms with Crippen molar-refractivity contribution in [1.29, 1.82) is 0 Å². The Labute approximate surface area is 90.1 Å². The highest BCUT2D eigenvalue weighted by Crippen LogP contribution is 2.19. The van der Waals surface area contributed by atoms with E-state index in [1.165, 1.54) is 19.3 Å². The maximum atomic E-state index is 10.6. The van der Waals surface area contributed by atoms with E-state index in [4.69, 9.17) is 0 Å². The van der Waals surface area contributed by atoms with Gasteiger partial charge in [0, 0.05) is 18.8 Å². The van der Waals surface area contributed by atoms with Crippen molar-refractivity contribution >= 4 is 5.69 Å². The van der Waals surface area contributed by atoms with Gasteiger partial charge in [-0.1, -0.05) is 26.2 Å². The molecule has 0 aliphatic rings. The summed E-state index contributed by atoms with van der Waals surface area (Å²) in [7, 11) is 0. The molecule has 1 heterocycles. The lowest BCUT2D eigenvalue weighted by Crippen LogP contribution is -2.00. The molecule has 0 fully saturated rings. The van der Waals surface area contributed by atoms with Gasteiger partial charge in [-0.3, -0.25) is 10.1 Å². The molecule has 0 amide bonds. The van der Waals surface area contributed by atoms with Crippen LogP contribution in [0.1, 0.15) is 38.3 Å². The molecule has 1 aromatic rings.